The third kappa shape index (κ3) is 6.32. The van der Waals surface area contributed by atoms with Crippen LogP contribution in [-0.4, -0.2) is 25.1 Å². The van der Waals surface area contributed by atoms with Crippen molar-refractivity contribution in [3.05, 3.63) is 44.7 Å². The molecule has 0 N–H and O–H groups in total. The summed E-state index contributed by atoms with van der Waals surface area (Å²) in [5, 5.41) is 12.8. The van der Waals surface area contributed by atoms with E-state index < -0.39 is 20.4 Å². The van der Waals surface area contributed by atoms with Crippen molar-refractivity contribution in [3.63, 3.8) is 0 Å². The highest BCUT2D eigenvalue weighted by molar-refractivity contribution is 7.62. The summed E-state index contributed by atoms with van der Waals surface area (Å²) in [6, 6.07) is 6.09. The number of fused-ring (bicyclic) bond motifs is 1. The first-order valence-electron chi connectivity index (χ1n) is 7.44. The lowest BCUT2D eigenvalue weighted by Gasteiger charge is -2.16. The predicted octanol–water partition coefficient (Wildman–Crippen LogP) is 4.46. The summed E-state index contributed by atoms with van der Waals surface area (Å²) in [5.74, 6) is 0. The summed E-state index contributed by atoms with van der Waals surface area (Å²) in [4.78, 5) is 12.5. The molecule has 27 heavy (non-hydrogen) atoms. The molecule has 1 heterocycles. The molecule has 2 rings (SSSR count). The zero-order chi connectivity index (χ0) is 20.8. The van der Waals surface area contributed by atoms with E-state index in [4.69, 9.17) is 26.0 Å². The van der Waals surface area contributed by atoms with E-state index in [0.717, 1.165) is 0 Å². The summed E-state index contributed by atoms with van der Waals surface area (Å²) in [7, 11) is -9.80. The number of halogens is 5. The Morgan fingerprint density at radius 1 is 1.19 bits per heavy atom. The molecule has 0 spiro atoms. The summed E-state index contributed by atoms with van der Waals surface area (Å²) in [5.41, 5.74) is -0.509. The van der Waals surface area contributed by atoms with Crippen LogP contribution in [0.2, 0.25) is 5.02 Å². The minimum atomic E-state index is -6.00. The maximum absolute atomic E-state index is 12.8. The minimum Gasteiger partial charge on any atom is -0.418 e. The Hall–Kier alpha value is -1.93. The van der Waals surface area contributed by atoms with Crippen molar-refractivity contribution >= 4 is 42.7 Å². The Kier molecular flexibility index (Phi) is 7.98. The fraction of sp³-hybridized carbons (Fsp3) is 0.308. The number of diazo groups is 1. The van der Waals surface area contributed by atoms with Crippen LogP contribution in [0.1, 0.15) is 13.8 Å². The maximum Gasteiger partial charge on any atom is 0.673 e. The number of aromatic nitrogens is 1. The molecular formula is C13H14BClF4N3O4P. The second kappa shape index (κ2) is 9.33. The van der Waals surface area contributed by atoms with Crippen LogP contribution in [0.4, 0.5) is 17.3 Å². The van der Waals surface area contributed by atoms with Gasteiger partial charge in [-0.25, -0.2) is 0 Å². The van der Waals surface area contributed by atoms with Crippen molar-refractivity contribution < 1.29 is 30.9 Å². The molecule has 0 bridgehead atoms. The highest BCUT2D eigenvalue weighted by Crippen LogP contribution is 2.46. The van der Waals surface area contributed by atoms with Gasteiger partial charge in [-0.2, -0.15) is 0 Å². The normalized spacial score (nSPS) is 11.6. The van der Waals surface area contributed by atoms with E-state index >= 15 is 0 Å². The molecule has 1 aromatic heterocycles. The topological polar surface area (TPSA) is 85.7 Å². The Morgan fingerprint density at radius 2 is 1.70 bits per heavy atom. The average molecular weight is 430 g/mol. The maximum atomic E-state index is 12.8. The molecule has 148 valence electrons. The lowest BCUT2D eigenvalue weighted by Crippen LogP contribution is -2.33. The van der Waals surface area contributed by atoms with E-state index in [2.05, 4.69) is 5.08 Å². The summed E-state index contributed by atoms with van der Waals surface area (Å²) < 4.78 is 62.9. The molecule has 0 aliphatic rings. The summed E-state index contributed by atoms with van der Waals surface area (Å²) >= 11 is 5.89. The van der Waals surface area contributed by atoms with Crippen molar-refractivity contribution in [1.29, 1.82) is 5.39 Å². The number of nitrogens with zero attached hydrogens (tertiary/aromatic N) is 3. The van der Waals surface area contributed by atoms with Crippen molar-refractivity contribution in [1.82, 2.24) is 4.68 Å². The molecular weight excluding hydrogens is 415 g/mol. The Morgan fingerprint density at radius 3 is 2.15 bits per heavy atom. The third-order valence-corrected chi connectivity index (χ3v) is 5.25. The van der Waals surface area contributed by atoms with Gasteiger partial charge in [0.05, 0.1) is 17.9 Å². The van der Waals surface area contributed by atoms with Crippen LogP contribution in [0.15, 0.2) is 29.1 Å². The fourth-order valence-electron chi connectivity index (χ4n) is 2.05. The zero-order valence-corrected chi connectivity index (χ0v) is 15.8. The monoisotopic (exact) mass is 429 g/mol. The van der Waals surface area contributed by atoms with Gasteiger partial charge < -0.3 is 26.3 Å². The molecule has 0 radical (unpaired) electrons. The summed E-state index contributed by atoms with van der Waals surface area (Å²) in [6.45, 7) is 3.49. The van der Waals surface area contributed by atoms with Gasteiger partial charge in [-0.3, -0.25) is 9.36 Å². The number of rotatable bonds is 5. The zero-order valence-electron chi connectivity index (χ0n) is 14.1. The molecule has 0 fully saturated rings. The van der Waals surface area contributed by atoms with Crippen LogP contribution in [0.25, 0.3) is 16.0 Å². The lowest BCUT2D eigenvalue weighted by molar-refractivity contribution is 0.229. The number of hydrogen-bond acceptors (Lipinski definition) is 5. The summed E-state index contributed by atoms with van der Waals surface area (Å²) in [6.07, 6.45) is 0. The first-order chi connectivity index (χ1) is 12.5. The van der Waals surface area contributed by atoms with E-state index in [1.165, 1.54) is 12.1 Å². The van der Waals surface area contributed by atoms with Crippen LogP contribution in [0, 0.1) is 5.39 Å². The van der Waals surface area contributed by atoms with Gasteiger partial charge in [-0.05, 0) is 32.0 Å². The van der Waals surface area contributed by atoms with Crippen LogP contribution >= 0.6 is 19.2 Å². The molecule has 0 aliphatic carbocycles. The molecule has 1 aromatic carbocycles. The van der Waals surface area contributed by atoms with E-state index in [9.17, 15) is 26.6 Å². The van der Waals surface area contributed by atoms with Crippen LogP contribution < -0.4 is 10.9 Å². The molecule has 2 aromatic rings. The van der Waals surface area contributed by atoms with E-state index in [-0.39, 0.29) is 24.0 Å². The number of hydrogen-bond donors (Lipinski definition) is 0. The van der Waals surface area contributed by atoms with Crippen LogP contribution in [-0.2, 0) is 13.6 Å². The van der Waals surface area contributed by atoms with Gasteiger partial charge in [0.25, 0.3) is 5.39 Å². The van der Waals surface area contributed by atoms with E-state index in [0.29, 0.717) is 15.1 Å². The van der Waals surface area contributed by atoms with Crippen molar-refractivity contribution in [2.24, 2.45) is 0 Å². The molecule has 7 nitrogen and oxygen atoms in total. The molecule has 14 heteroatoms. The van der Waals surface area contributed by atoms with Crippen LogP contribution in [0.3, 0.4) is 0 Å². The highest BCUT2D eigenvalue weighted by Gasteiger charge is 2.34. The molecule has 0 amide bonds. The third-order valence-electron chi connectivity index (χ3n) is 2.91. The minimum absolute atomic E-state index is 0.103. The molecule has 0 aliphatic heterocycles. The van der Waals surface area contributed by atoms with Crippen molar-refractivity contribution in [2.75, 3.05) is 13.2 Å². The van der Waals surface area contributed by atoms with Gasteiger partial charge in [0, 0.05) is 10.4 Å². The Bertz CT molecular complexity index is 947. The quantitative estimate of drug-likeness (QED) is 0.303. The van der Waals surface area contributed by atoms with Gasteiger partial charge >= 0.3 is 25.5 Å². The second-order valence-corrected chi connectivity index (χ2v) is 7.20. The first-order valence-corrected chi connectivity index (χ1v) is 9.36. The lowest BCUT2D eigenvalue weighted by atomic mass is 10.2. The van der Waals surface area contributed by atoms with Gasteiger partial charge in [0.1, 0.15) is 10.8 Å². The molecule has 0 saturated heterocycles. The standard InChI is InChI=1S/C13H14ClN3O4P.BF4/c1-3-20-22(19,21-4-2)12-7-9-5-6-10(14)8-11(9)17(16-15)13(12)18;2-1(3,4)5/h5-8H,3-4H2,1-2H3;/q+1;-1. The molecule has 0 atom stereocenters. The largest absolute Gasteiger partial charge is 0.673 e. The van der Waals surface area contributed by atoms with E-state index in [1.807, 2.05) is 0 Å². The fourth-order valence-corrected chi connectivity index (χ4v) is 3.88. The predicted molar refractivity (Wildman–Crippen MR) is 94.4 cm³/mol. The smallest absolute Gasteiger partial charge is 0.418 e. The van der Waals surface area contributed by atoms with E-state index in [1.54, 1.807) is 26.0 Å². The van der Waals surface area contributed by atoms with Gasteiger partial charge in [0.15, 0.2) is 0 Å². The van der Waals surface area contributed by atoms with Crippen molar-refractivity contribution in [2.45, 2.75) is 13.8 Å². The Labute approximate surface area is 156 Å². The van der Waals surface area contributed by atoms with Gasteiger partial charge in [-0.15, -0.1) is 0 Å². The van der Waals surface area contributed by atoms with Crippen LogP contribution in [0.5, 0.6) is 0 Å². The SMILES string of the molecule is CCOP(=O)(OCC)c1cc2ccc(Cl)cc2n([N+]#N)c1=O.F[B-](F)(F)F. The Balaban J connectivity index is 0.000000646. The second-order valence-electron chi connectivity index (χ2n) is 4.77. The number of benzene rings is 1. The molecule has 0 saturated carbocycles. The van der Waals surface area contributed by atoms with Gasteiger partial charge in [-0.1, -0.05) is 17.7 Å². The van der Waals surface area contributed by atoms with Gasteiger partial charge in [0.2, 0.25) is 0 Å². The highest BCUT2D eigenvalue weighted by atomic mass is 35.5. The number of pyridine rings is 1. The van der Waals surface area contributed by atoms with Crippen molar-refractivity contribution in [3.8, 4) is 0 Å². The first kappa shape index (κ1) is 23.1. The average Bonchev–Trinajstić information content (AvgIpc) is 2.53. The molecule has 0 unspecified atom stereocenters.